The van der Waals surface area contributed by atoms with Crippen LogP contribution in [-0.4, -0.2) is 26.7 Å². The number of benzene rings is 1. The fraction of sp³-hybridized carbons (Fsp3) is 0.588. The fourth-order valence-corrected chi connectivity index (χ4v) is 2.52. The molecule has 0 spiro atoms. The molecule has 1 aromatic carbocycles. The lowest BCUT2D eigenvalue weighted by molar-refractivity contribution is -0.122. The van der Waals surface area contributed by atoms with Gasteiger partial charge in [0.1, 0.15) is 0 Å². The van der Waals surface area contributed by atoms with Crippen LogP contribution in [0.1, 0.15) is 38.2 Å². The van der Waals surface area contributed by atoms with Crippen molar-refractivity contribution in [3.05, 3.63) is 23.8 Å². The van der Waals surface area contributed by atoms with Gasteiger partial charge < -0.3 is 14.8 Å². The second-order valence-corrected chi connectivity index (χ2v) is 5.98. The summed E-state index contributed by atoms with van der Waals surface area (Å²) in [6.07, 6.45) is 2.07. The fourth-order valence-electron chi connectivity index (χ4n) is 2.52. The van der Waals surface area contributed by atoms with Gasteiger partial charge >= 0.3 is 0 Å². The molecule has 1 aliphatic rings. The highest BCUT2D eigenvalue weighted by Crippen LogP contribution is 2.33. The standard InChI is InChI=1S/C17H25NO3/c1-11(2)14(10-18-17(19)12-5-6-12)13-7-8-15(20-3)16(9-13)21-4/h7-9,11-12,14H,5-6,10H2,1-4H3,(H,18,19). The Balaban J connectivity index is 2.11. The second kappa shape index (κ2) is 6.83. The molecule has 1 N–H and O–H groups in total. The Morgan fingerprint density at radius 2 is 1.90 bits per heavy atom. The minimum Gasteiger partial charge on any atom is -0.493 e. The summed E-state index contributed by atoms with van der Waals surface area (Å²) in [5, 5.41) is 3.08. The number of hydrogen-bond donors (Lipinski definition) is 1. The van der Waals surface area contributed by atoms with Crippen LogP contribution >= 0.6 is 0 Å². The molecule has 0 aliphatic heterocycles. The highest BCUT2D eigenvalue weighted by molar-refractivity contribution is 5.80. The molecule has 0 bridgehead atoms. The topological polar surface area (TPSA) is 47.6 Å². The quantitative estimate of drug-likeness (QED) is 0.840. The van der Waals surface area contributed by atoms with E-state index in [1.165, 1.54) is 5.56 Å². The number of methoxy groups -OCH3 is 2. The van der Waals surface area contributed by atoms with Gasteiger partial charge in [0.25, 0.3) is 0 Å². The zero-order chi connectivity index (χ0) is 15.4. The van der Waals surface area contributed by atoms with Gasteiger partial charge in [-0.2, -0.15) is 0 Å². The molecule has 4 nitrogen and oxygen atoms in total. The molecule has 116 valence electrons. The molecular formula is C17H25NO3. The third kappa shape index (κ3) is 3.90. The lowest BCUT2D eigenvalue weighted by atomic mass is 9.88. The van der Waals surface area contributed by atoms with E-state index in [1.54, 1.807) is 14.2 Å². The number of hydrogen-bond acceptors (Lipinski definition) is 3. The van der Waals surface area contributed by atoms with Crippen molar-refractivity contribution in [1.82, 2.24) is 5.32 Å². The first-order valence-corrected chi connectivity index (χ1v) is 7.56. The molecule has 0 heterocycles. The zero-order valence-corrected chi connectivity index (χ0v) is 13.3. The van der Waals surface area contributed by atoms with Gasteiger partial charge in [-0.1, -0.05) is 19.9 Å². The summed E-state index contributed by atoms with van der Waals surface area (Å²) in [6.45, 7) is 5.01. The molecule has 0 radical (unpaired) electrons. The maximum Gasteiger partial charge on any atom is 0.223 e. The van der Waals surface area contributed by atoms with E-state index < -0.39 is 0 Å². The van der Waals surface area contributed by atoms with E-state index in [1.807, 2.05) is 12.1 Å². The maximum atomic E-state index is 11.8. The summed E-state index contributed by atoms with van der Waals surface area (Å²) >= 11 is 0. The van der Waals surface area contributed by atoms with Gasteiger partial charge in [0.2, 0.25) is 5.91 Å². The minimum absolute atomic E-state index is 0.195. The minimum atomic E-state index is 0.195. The van der Waals surface area contributed by atoms with Crippen molar-refractivity contribution in [2.75, 3.05) is 20.8 Å². The first-order chi connectivity index (χ1) is 10.1. The van der Waals surface area contributed by atoms with Crippen LogP contribution in [-0.2, 0) is 4.79 Å². The normalized spacial score (nSPS) is 15.7. The zero-order valence-electron chi connectivity index (χ0n) is 13.3. The number of carbonyl (C=O) groups excluding carboxylic acids is 1. The van der Waals surface area contributed by atoms with Crippen molar-refractivity contribution in [2.45, 2.75) is 32.6 Å². The summed E-state index contributed by atoms with van der Waals surface area (Å²) in [4.78, 5) is 11.8. The van der Waals surface area contributed by atoms with Gasteiger partial charge in [-0.05, 0) is 36.5 Å². The lowest BCUT2D eigenvalue weighted by Gasteiger charge is -2.23. The SMILES string of the molecule is COc1ccc(C(CNC(=O)C2CC2)C(C)C)cc1OC. The van der Waals surface area contributed by atoms with Crippen LogP contribution in [0.15, 0.2) is 18.2 Å². The van der Waals surface area contributed by atoms with Gasteiger partial charge in [0, 0.05) is 18.4 Å². The molecule has 1 fully saturated rings. The summed E-state index contributed by atoms with van der Waals surface area (Å²) in [5.41, 5.74) is 1.17. The predicted octanol–water partition coefficient (Wildman–Crippen LogP) is 2.97. The Kier molecular flexibility index (Phi) is 5.10. The Morgan fingerprint density at radius 1 is 1.24 bits per heavy atom. The van der Waals surface area contributed by atoms with E-state index in [9.17, 15) is 4.79 Å². The maximum absolute atomic E-state index is 11.8. The Labute approximate surface area is 126 Å². The Bertz CT molecular complexity index is 495. The summed E-state index contributed by atoms with van der Waals surface area (Å²) in [5.74, 6) is 2.61. The van der Waals surface area contributed by atoms with Crippen molar-refractivity contribution in [3.8, 4) is 11.5 Å². The van der Waals surface area contributed by atoms with Gasteiger partial charge in [-0.3, -0.25) is 4.79 Å². The summed E-state index contributed by atoms with van der Waals surface area (Å²) in [7, 11) is 3.27. The van der Waals surface area contributed by atoms with Crippen molar-refractivity contribution < 1.29 is 14.3 Å². The van der Waals surface area contributed by atoms with E-state index in [4.69, 9.17) is 9.47 Å². The highest BCUT2D eigenvalue weighted by Gasteiger charge is 2.30. The van der Waals surface area contributed by atoms with Gasteiger partial charge in [0.15, 0.2) is 11.5 Å². The molecule has 21 heavy (non-hydrogen) atoms. The first-order valence-electron chi connectivity index (χ1n) is 7.56. The average Bonchev–Trinajstić information content (AvgIpc) is 3.31. The molecule has 1 amide bonds. The lowest BCUT2D eigenvalue weighted by Crippen LogP contribution is -2.31. The van der Waals surface area contributed by atoms with E-state index in [2.05, 4.69) is 25.2 Å². The second-order valence-electron chi connectivity index (χ2n) is 5.98. The van der Waals surface area contributed by atoms with Crippen LogP contribution in [0.3, 0.4) is 0 Å². The first kappa shape index (κ1) is 15.7. The Morgan fingerprint density at radius 3 is 2.43 bits per heavy atom. The molecule has 2 rings (SSSR count). The van der Waals surface area contributed by atoms with Gasteiger partial charge in [0.05, 0.1) is 14.2 Å². The third-order valence-corrected chi connectivity index (χ3v) is 4.08. The number of carbonyl (C=O) groups is 1. The number of ether oxygens (including phenoxy) is 2. The number of rotatable bonds is 7. The highest BCUT2D eigenvalue weighted by atomic mass is 16.5. The monoisotopic (exact) mass is 291 g/mol. The third-order valence-electron chi connectivity index (χ3n) is 4.08. The summed E-state index contributed by atoms with van der Waals surface area (Å²) < 4.78 is 10.6. The number of nitrogens with one attached hydrogen (secondary N) is 1. The smallest absolute Gasteiger partial charge is 0.223 e. The van der Waals surface area contributed by atoms with Crippen LogP contribution < -0.4 is 14.8 Å². The van der Waals surface area contributed by atoms with E-state index in [-0.39, 0.29) is 17.7 Å². The molecule has 1 saturated carbocycles. The molecule has 0 aromatic heterocycles. The molecule has 4 heteroatoms. The molecule has 1 atom stereocenters. The molecule has 1 aliphatic carbocycles. The predicted molar refractivity (Wildman–Crippen MR) is 82.9 cm³/mol. The van der Waals surface area contributed by atoms with Gasteiger partial charge in [-0.25, -0.2) is 0 Å². The van der Waals surface area contributed by atoms with Crippen LogP contribution in [0.25, 0.3) is 0 Å². The van der Waals surface area contributed by atoms with Gasteiger partial charge in [-0.15, -0.1) is 0 Å². The van der Waals surface area contributed by atoms with Crippen LogP contribution in [0.2, 0.25) is 0 Å². The van der Waals surface area contributed by atoms with Crippen LogP contribution in [0, 0.1) is 11.8 Å². The van der Waals surface area contributed by atoms with Crippen LogP contribution in [0.4, 0.5) is 0 Å². The van der Waals surface area contributed by atoms with E-state index in [0.717, 1.165) is 24.3 Å². The molecule has 1 unspecified atom stereocenters. The van der Waals surface area contributed by atoms with E-state index in [0.29, 0.717) is 12.5 Å². The van der Waals surface area contributed by atoms with Crippen molar-refractivity contribution in [3.63, 3.8) is 0 Å². The number of amides is 1. The van der Waals surface area contributed by atoms with Crippen molar-refractivity contribution in [2.24, 2.45) is 11.8 Å². The Hall–Kier alpha value is -1.71. The molecule has 1 aromatic rings. The van der Waals surface area contributed by atoms with Crippen molar-refractivity contribution >= 4 is 5.91 Å². The van der Waals surface area contributed by atoms with Crippen molar-refractivity contribution in [1.29, 1.82) is 0 Å². The van der Waals surface area contributed by atoms with Crippen LogP contribution in [0.5, 0.6) is 11.5 Å². The molecular weight excluding hydrogens is 266 g/mol. The largest absolute Gasteiger partial charge is 0.493 e. The molecule has 0 saturated heterocycles. The average molecular weight is 291 g/mol. The van der Waals surface area contributed by atoms with E-state index >= 15 is 0 Å². The summed E-state index contributed by atoms with van der Waals surface area (Å²) in [6, 6.07) is 5.98.